The number of amides is 3. The van der Waals surface area contributed by atoms with E-state index in [1.165, 1.54) is 24.3 Å². The largest absolute Gasteiger partial charge is 0.326 e. The van der Waals surface area contributed by atoms with Gasteiger partial charge in [0.25, 0.3) is 0 Å². The van der Waals surface area contributed by atoms with E-state index in [0.717, 1.165) is 23.2 Å². The number of anilines is 2. The third kappa shape index (κ3) is 4.76. The first-order valence-electron chi connectivity index (χ1n) is 10.2. The quantitative estimate of drug-likeness (QED) is 0.644. The van der Waals surface area contributed by atoms with Crippen molar-refractivity contribution in [2.45, 2.75) is 18.9 Å². The molecule has 0 saturated carbocycles. The van der Waals surface area contributed by atoms with Gasteiger partial charge in [-0.1, -0.05) is 30.3 Å². The van der Waals surface area contributed by atoms with Crippen LogP contribution in [0.5, 0.6) is 0 Å². The molecular weight excluding hydrogens is 407 g/mol. The Morgan fingerprint density at radius 1 is 1.03 bits per heavy atom. The first-order chi connectivity index (χ1) is 15.5. The molecule has 0 aromatic heterocycles. The topological polar surface area (TPSA) is 85.2 Å². The number of hydrogen-bond acceptors (Lipinski definition) is 3. The standard InChI is InChI=1S/C25H21FN4O2/c26-20-9-11-21(12-10-20)28-25(32)29-22(15-17-5-7-18(16-27)8-6-17)24(31)30-14-13-19-3-1-2-4-23(19)30/h1-12,22H,13-15H2,(H2,28,29,32)/t22-/m0/s1. The first-order valence-corrected chi connectivity index (χ1v) is 10.2. The van der Waals surface area contributed by atoms with Gasteiger partial charge in [-0.15, -0.1) is 0 Å². The van der Waals surface area contributed by atoms with E-state index in [2.05, 4.69) is 16.7 Å². The molecule has 1 heterocycles. The van der Waals surface area contributed by atoms with Crippen LogP contribution in [-0.2, 0) is 17.6 Å². The van der Waals surface area contributed by atoms with E-state index >= 15 is 0 Å². The number of benzene rings is 3. The van der Waals surface area contributed by atoms with Crippen molar-refractivity contribution in [1.82, 2.24) is 5.32 Å². The molecule has 1 aliphatic rings. The van der Waals surface area contributed by atoms with E-state index in [-0.39, 0.29) is 12.3 Å². The molecular formula is C25H21FN4O2. The fraction of sp³-hybridized carbons (Fsp3) is 0.160. The maximum atomic E-state index is 13.4. The van der Waals surface area contributed by atoms with Gasteiger partial charge in [-0.25, -0.2) is 9.18 Å². The van der Waals surface area contributed by atoms with Crippen LogP contribution in [0.3, 0.4) is 0 Å². The van der Waals surface area contributed by atoms with Crippen molar-refractivity contribution in [3.8, 4) is 6.07 Å². The maximum Gasteiger partial charge on any atom is 0.319 e. The van der Waals surface area contributed by atoms with Crippen molar-refractivity contribution >= 4 is 23.3 Å². The van der Waals surface area contributed by atoms with Crippen molar-refractivity contribution < 1.29 is 14.0 Å². The van der Waals surface area contributed by atoms with Gasteiger partial charge in [-0.2, -0.15) is 5.26 Å². The minimum atomic E-state index is -0.824. The number of urea groups is 1. The van der Waals surface area contributed by atoms with E-state index in [4.69, 9.17) is 5.26 Å². The molecule has 1 atom stereocenters. The number of carbonyl (C=O) groups is 2. The maximum absolute atomic E-state index is 13.4. The molecule has 6 nitrogen and oxygen atoms in total. The number of nitrogens with one attached hydrogen (secondary N) is 2. The zero-order valence-electron chi connectivity index (χ0n) is 17.2. The molecule has 0 radical (unpaired) electrons. The Labute approximate surface area is 185 Å². The van der Waals surface area contributed by atoms with Crippen LogP contribution < -0.4 is 15.5 Å². The monoisotopic (exact) mass is 428 g/mol. The van der Waals surface area contributed by atoms with Crippen LogP contribution in [0.4, 0.5) is 20.6 Å². The second kappa shape index (κ2) is 9.31. The van der Waals surface area contributed by atoms with E-state index in [1.54, 1.807) is 29.2 Å². The van der Waals surface area contributed by atoms with Gasteiger partial charge in [-0.05, 0) is 60.0 Å². The van der Waals surface area contributed by atoms with Gasteiger partial charge < -0.3 is 15.5 Å². The highest BCUT2D eigenvalue weighted by Gasteiger charge is 2.31. The molecule has 0 saturated heterocycles. The predicted molar refractivity (Wildman–Crippen MR) is 120 cm³/mol. The molecule has 0 spiro atoms. The summed E-state index contributed by atoms with van der Waals surface area (Å²) in [4.78, 5) is 27.8. The second-order valence-electron chi connectivity index (χ2n) is 7.54. The van der Waals surface area contributed by atoms with E-state index in [0.29, 0.717) is 17.8 Å². The summed E-state index contributed by atoms with van der Waals surface area (Å²) in [6, 6.07) is 20.7. The zero-order valence-corrected chi connectivity index (χ0v) is 17.2. The normalized spacial score (nSPS) is 13.1. The third-order valence-electron chi connectivity index (χ3n) is 5.38. The summed E-state index contributed by atoms with van der Waals surface area (Å²) in [7, 11) is 0. The van der Waals surface area contributed by atoms with Gasteiger partial charge in [0, 0.05) is 24.3 Å². The Morgan fingerprint density at radius 2 is 1.75 bits per heavy atom. The van der Waals surface area contributed by atoms with E-state index < -0.39 is 17.9 Å². The minimum absolute atomic E-state index is 0.214. The van der Waals surface area contributed by atoms with Crippen molar-refractivity contribution in [3.63, 3.8) is 0 Å². The smallest absolute Gasteiger partial charge is 0.319 e. The average Bonchev–Trinajstić information content (AvgIpc) is 3.24. The molecule has 0 bridgehead atoms. The summed E-state index contributed by atoms with van der Waals surface area (Å²) >= 11 is 0. The number of nitrogens with zero attached hydrogens (tertiary/aromatic N) is 2. The lowest BCUT2D eigenvalue weighted by Gasteiger charge is -2.25. The SMILES string of the molecule is N#Cc1ccc(C[C@H](NC(=O)Nc2ccc(F)cc2)C(=O)N2CCc3ccccc32)cc1. The molecule has 0 unspecified atom stereocenters. The lowest BCUT2D eigenvalue weighted by molar-refractivity contribution is -0.120. The van der Waals surface area contributed by atoms with Crippen LogP contribution in [0, 0.1) is 17.1 Å². The van der Waals surface area contributed by atoms with E-state index in [9.17, 15) is 14.0 Å². The molecule has 3 aromatic rings. The molecule has 7 heteroatoms. The Balaban J connectivity index is 1.54. The Bertz CT molecular complexity index is 1170. The van der Waals surface area contributed by atoms with Crippen LogP contribution in [0.1, 0.15) is 16.7 Å². The number of halogens is 1. The van der Waals surface area contributed by atoms with Gasteiger partial charge in [0.15, 0.2) is 0 Å². The predicted octanol–water partition coefficient (Wildman–Crippen LogP) is 4.02. The van der Waals surface area contributed by atoms with Crippen LogP contribution in [0.25, 0.3) is 0 Å². The lowest BCUT2D eigenvalue weighted by Crippen LogP contribution is -2.50. The van der Waals surface area contributed by atoms with Crippen molar-refractivity contribution in [2.24, 2.45) is 0 Å². The fourth-order valence-corrected chi connectivity index (χ4v) is 3.77. The van der Waals surface area contributed by atoms with Gasteiger partial charge in [-0.3, -0.25) is 4.79 Å². The molecule has 160 valence electrons. The summed E-state index contributed by atoms with van der Waals surface area (Å²) < 4.78 is 13.1. The summed E-state index contributed by atoms with van der Waals surface area (Å²) in [5.74, 6) is -0.619. The van der Waals surface area contributed by atoms with E-state index in [1.807, 2.05) is 24.3 Å². The van der Waals surface area contributed by atoms with Crippen LogP contribution in [-0.4, -0.2) is 24.5 Å². The van der Waals surface area contributed by atoms with Crippen LogP contribution in [0.15, 0.2) is 72.8 Å². The number of nitriles is 1. The molecule has 4 rings (SSSR count). The summed E-state index contributed by atoms with van der Waals surface area (Å²) in [5, 5.41) is 14.4. The first kappa shape index (κ1) is 21.1. The van der Waals surface area contributed by atoms with Gasteiger partial charge in [0.2, 0.25) is 5.91 Å². The number of carbonyl (C=O) groups excluding carboxylic acids is 2. The minimum Gasteiger partial charge on any atom is -0.326 e. The van der Waals surface area contributed by atoms with Crippen LogP contribution in [0.2, 0.25) is 0 Å². The molecule has 0 fully saturated rings. The Kier molecular flexibility index (Phi) is 6.13. The van der Waals surface area contributed by atoms with Crippen molar-refractivity contribution in [2.75, 3.05) is 16.8 Å². The number of hydrogen-bond donors (Lipinski definition) is 2. The lowest BCUT2D eigenvalue weighted by atomic mass is 10.0. The summed E-state index contributed by atoms with van der Waals surface area (Å²) in [6.07, 6.45) is 1.02. The third-order valence-corrected chi connectivity index (χ3v) is 5.38. The molecule has 3 aromatic carbocycles. The second-order valence-corrected chi connectivity index (χ2v) is 7.54. The molecule has 32 heavy (non-hydrogen) atoms. The highest BCUT2D eigenvalue weighted by atomic mass is 19.1. The fourth-order valence-electron chi connectivity index (χ4n) is 3.77. The molecule has 3 amide bonds. The number of rotatable bonds is 5. The van der Waals surface area contributed by atoms with Crippen molar-refractivity contribution in [3.05, 3.63) is 95.3 Å². The van der Waals surface area contributed by atoms with Gasteiger partial charge in [0.05, 0.1) is 11.6 Å². The molecule has 2 N–H and O–H groups in total. The Hall–Kier alpha value is -4.18. The average molecular weight is 428 g/mol. The molecule has 0 aliphatic carbocycles. The highest BCUT2D eigenvalue weighted by molar-refractivity contribution is 6.02. The van der Waals surface area contributed by atoms with Crippen LogP contribution >= 0.6 is 0 Å². The van der Waals surface area contributed by atoms with Gasteiger partial charge in [0.1, 0.15) is 11.9 Å². The highest BCUT2D eigenvalue weighted by Crippen LogP contribution is 2.28. The summed E-state index contributed by atoms with van der Waals surface area (Å²) in [5.41, 5.74) is 3.70. The number of para-hydroxylation sites is 1. The Morgan fingerprint density at radius 3 is 2.47 bits per heavy atom. The zero-order chi connectivity index (χ0) is 22.5. The summed E-state index contributed by atoms with van der Waals surface area (Å²) in [6.45, 7) is 0.545. The van der Waals surface area contributed by atoms with Gasteiger partial charge >= 0.3 is 6.03 Å². The van der Waals surface area contributed by atoms with Crippen molar-refractivity contribution in [1.29, 1.82) is 5.26 Å². The molecule has 1 aliphatic heterocycles. The number of fused-ring (bicyclic) bond motifs is 1.